The van der Waals surface area contributed by atoms with E-state index in [-0.39, 0.29) is 10.8 Å². The van der Waals surface area contributed by atoms with Crippen molar-refractivity contribution in [1.82, 2.24) is 19.8 Å². The maximum atomic E-state index is 12.6. The first-order valence-electron chi connectivity index (χ1n) is 8.06. The fraction of sp³-hybridized carbons (Fsp3) is 0.167. The zero-order chi connectivity index (χ0) is 18.3. The van der Waals surface area contributed by atoms with E-state index in [9.17, 15) is 8.42 Å². The molecule has 7 nitrogen and oxygen atoms in total. The molecule has 0 aliphatic carbocycles. The lowest BCUT2D eigenvalue weighted by Crippen LogP contribution is -2.10. The summed E-state index contributed by atoms with van der Waals surface area (Å²) in [7, 11) is -1.92. The fourth-order valence-corrected chi connectivity index (χ4v) is 3.83. The summed E-state index contributed by atoms with van der Waals surface area (Å²) in [5, 5.41) is 14.2. The van der Waals surface area contributed by atoms with Crippen LogP contribution in [0.3, 0.4) is 0 Å². The topological polar surface area (TPSA) is 86.5 Å². The van der Waals surface area contributed by atoms with Crippen molar-refractivity contribution in [2.75, 3.05) is 12.9 Å². The van der Waals surface area contributed by atoms with Crippen LogP contribution in [-0.2, 0) is 9.84 Å². The van der Waals surface area contributed by atoms with E-state index in [2.05, 4.69) is 15.3 Å². The average molecular weight is 368 g/mol. The Kier molecular flexibility index (Phi) is 3.84. The number of benzene rings is 2. The van der Waals surface area contributed by atoms with Crippen LogP contribution in [0.1, 0.15) is 6.92 Å². The Morgan fingerprint density at radius 2 is 1.69 bits per heavy atom. The second-order valence-electron chi connectivity index (χ2n) is 5.74. The van der Waals surface area contributed by atoms with Crippen LogP contribution in [0.5, 0.6) is 5.75 Å². The van der Waals surface area contributed by atoms with E-state index in [1.807, 2.05) is 24.3 Å². The van der Waals surface area contributed by atoms with Crippen molar-refractivity contribution < 1.29 is 13.2 Å². The van der Waals surface area contributed by atoms with E-state index in [1.54, 1.807) is 38.3 Å². The van der Waals surface area contributed by atoms with E-state index < -0.39 is 9.84 Å². The van der Waals surface area contributed by atoms with Gasteiger partial charge in [0.2, 0.25) is 0 Å². The molecular weight excluding hydrogens is 352 g/mol. The summed E-state index contributed by atoms with van der Waals surface area (Å²) in [5.74, 6) is 1.16. The van der Waals surface area contributed by atoms with Crippen LogP contribution in [0.15, 0.2) is 53.6 Å². The molecule has 0 atom stereocenters. The molecule has 0 N–H and O–H groups in total. The van der Waals surface area contributed by atoms with E-state index in [4.69, 9.17) is 4.74 Å². The standard InChI is InChI=1S/C18H16N4O3S/c1-3-26(23,24)18-15-7-5-4-6-14(15)17-20-19-16(22(17)21-18)12-8-10-13(25-2)11-9-12/h4-11H,3H2,1-2H3. The molecule has 0 saturated heterocycles. The zero-order valence-corrected chi connectivity index (χ0v) is 15.1. The third kappa shape index (κ3) is 2.50. The van der Waals surface area contributed by atoms with E-state index in [0.717, 1.165) is 11.3 Å². The molecule has 26 heavy (non-hydrogen) atoms. The van der Waals surface area contributed by atoms with Gasteiger partial charge < -0.3 is 4.74 Å². The summed E-state index contributed by atoms with van der Waals surface area (Å²) < 4.78 is 31.8. The number of ether oxygens (including phenoxy) is 1. The Bertz CT molecular complexity index is 1210. The molecule has 0 aliphatic heterocycles. The van der Waals surface area contributed by atoms with Crippen LogP contribution >= 0.6 is 0 Å². The maximum absolute atomic E-state index is 12.6. The summed E-state index contributed by atoms with van der Waals surface area (Å²) in [5.41, 5.74) is 1.28. The summed E-state index contributed by atoms with van der Waals surface area (Å²) in [4.78, 5) is 0. The van der Waals surface area contributed by atoms with Gasteiger partial charge in [0.1, 0.15) is 5.75 Å². The minimum atomic E-state index is -3.51. The Hall–Kier alpha value is -3.00. The molecule has 2 heterocycles. The maximum Gasteiger partial charge on any atom is 0.197 e. The quantitative estimate of drug-likeness (QED) is 0.550. The van der Waals surface area contributed by atoms with Gasteiger partial charge in [-0.15, -0.1) is 10.2 Å². The number of methoxy groups -OCH3 is 1. The minimum absolute atomic E-state index is 0.0322. The Morgan fingerprint density at radius 1 is 1.00 bits per heavy atom. The SMILES string of the molecule is CCS(=O)(=O)c1nn2c(-c3ccc(OC)cc3)nnc2c2ccccc12. The summed E-state index contributed by atoms with van der Waals surface area (Å²) in [6.07, 6.45) is 0. The Labute approximate surface area is 150 Å². The second kappa shape index (κ2) is 6.06. The van der Waals surface area contributed by atoms with E-state index in [0.29, 0.717) is 22.2 Å². The van der Waals surface area contributed by atoms with Crippen molar-refractivity contribution >= 4 is 26.3 Å². The van der Waals surface area contributed by atoms with Gasteiger partial charge in [0.05, 0.1) is 12.9 Å². The third-order valence-electron chi connectivity index (χ3n) is 4.25. The van der Waals surface area contributed by atoms with Crippen LogP contribution in [-0.4, -0.2) is 41.1 Å². The number of aromatic nitrogens is 4. The number of rotatable bonds is 4. The van der Waals surface area contributed by atoms with Crippen LogP contribution in [0.25, 0.3) is 27.8 Å². The normalized spacial score (nSPS) is 11.9. The smallest absolute Gasteiger partial charge is 0.197 e. The van der Waals surface area contributed by atoms with Gasteiger partial charge in [-0.05, 0) is 24.3 Å². The predicted octanol–water partition coefficient (Wildman–Crippen LogP) is 2.75. The Balaban J connectivity index is 2.06. The summed E-state index contributed by atoms with van der Waals surface area (Å²) >= 11 is 0. The fourth-order valence-electron chi connectivity index (χ4n) is 2.84. The first kappa shape index (κ1) is 16.5. The van der Waals surface area contributed by atoms with Crippen molar-refractivity contribution in [3.8, 4) is 17.1 Å². The van der Waals surface area contributed by atoms with Crippen LogP contribution in [0.2, 0.25) is 0 Å². The molecule has 132 valence electrons. The number of sulfone groups is 1. The van der Waals surface area contributed by atoms with Gasteiger partial charge in [-0.2, -0.15) is 9.61 Å². The van der Waals surface area contributed by atoms with Crippen molar-refractivity contribution in [2.45, 2.75) is 11.9 Å². The molecule has 0 aliphatic rings. The minimum Gasteiger partial charge on any atom is -0.497 e. The number of hydrogen-bond acceptors (Lipinski definition) is 6. The highest BCUT2D eigenvalue weighted by Gasteiger charge is 2.22. The lowest BCUT2D eigenvalue weighted by Gasteiger charge is -2.08. The average Bonchev–Trinajstić information content (AvgIpc) is 3.11. The molecule has 0 amide bonds. The highest BCUT2D eigenvalue weighted by molar-refractivity contribution is 7.91. The number of nitrogens with zero attached hydrogens (tertiary/aromatic N) is 4. The first-order chi connectivity index (χ1) is 12.5. The monoisotopic (exact) mass is 368 g/mol. The number of hydrogen-bond donors (Lipinski definition) is 0. The molecule has 0 unspecified atom stereocenters. The first-order valence-corrected chi connectivity index (χ1v) is 9.71. The van der Waals surface area contributed by atoms with Gasteiger partial charge in [-0.3, -0.25) is 0 Å². The largest absolute Gasteiger partial charge is 0.497 e. The molecule has 0 spiro atoms. The molecule has 4 aromatic rings. The van der Waals surface area contributed by atoms with Gasteiger partial charge in [0, 0.05) is 16.3 Å². The number of fused-ring (bicyclic) bond motifs is 3. The molecular formula is C18H16N4O3S. The van der Waals surface area contributed by atoms with Gasteiger partial charge >= 0.3 is 0 Å². The lowest BCUT2D eigenvalue weighted by molar-refractivity contribution is 0.415. The molecule has 0 radical (unpaired) electrons. The van der Waals surface area contributed by atoms with Crippen LogP contribution in [0.4, 0.5) is 0 Å². The molecule has 0 fully saturated rings. The second-order valence-corrected chi connectivity index (χ2v) is 7.94. The molecule has 0 bridgehead atoms. The van der Waals surface area contributed by atoms with Crippen molar-refractivity contribution in [1.29, 1.82) is 0 Å². The van der Waals surface area contributed by atoms with E-state index >= 15 is 0 Å². The highest BCUT2D eigenvalue weighted by atomic mass is 32.2. The van der Waals surface area contributed by atoms with Crippen molar-refractivity contribution in [3.63, 3.8) is 0 Å². The highest BCUT2D eigenvalue weighted by Crippen LogP contribution is 2.28. The van der Waals surface area contributed by atoms with Crippen molar-refractivity contribution in [3.05, 3.63) is 48.5 Å². The Morgan fingerprint density at radius 3 is 2.35 bits per heavy atom. The molecule has 8 heteroatoms. The lowest BCUT2D eigenvalue weighted by atomic mass is 10.2. The molecule has 2 aromatic carbocycles. The van der Waals surface area contributed by atoms with Gasteiger partial charge in [0.25, 0.3) is 0 Å². The van der Waals surface area contributed by atoms with E-state index in [1.165, 1.54) is 4.52 Å². The van der Waals surface area contributed by atoms with Gasteiger partial charge in [-0.25, -0.2) is 8.42 Å². The summed E-state index contributed by atoms with van der Waals surface area (Å²) in [6.45, 7) is 1.60. The van der Waals surface area contributed by atoms with Gasteiger partial charge in [0.15, 0.2) is 26.3 Å². The molecule has 0 saturated carbocycles. The van der Waals surface area contributed by atoms with Crippen molar-refractivity contribution in [2.24, 2.45) is 0 Å². The van der Waals surface area contributed by atoms with Gasteiger partial charge in [-0.1, -0.05) is 31.2 Å². The zero-order valence-electron chi connectivity index (χ0n) is 14.2. The third-order valence-corrected chi connectivity index (χ3v) is 5.90. The molecule has 4 rings (SSSR count). The van der Waals surface area contributed by atoms with Crippen LogP contribution < -0.4 is 4.74 Å². The predicted molar refractivity (Wildman–Crippen MR) is 98.0 cm³/mol. The summed E-state index contributed by atoms with van der Waals surface area (Å²) in [6, 6.07) is 14.5. The van der Waals surface area contributed by atoms with Crippen LogP contribution in [0, 0.1) is 0 Å². The molecule has 2 aromatic heterocycles.